The molecule has 0 amide bonds. The van der Waals surface area contributed by atoms with E-state index in [2.05, 4.69) is 0 Å². The molecule has 5 N–H and O–H groups in total. The maximum absolute atomic E-state index is 11.4. The van der Waals surface area contributed by atoms with Gasteiger partial charge in [0.25, 0.3) is 0 Å². The lowest BCUT2D eigenvalue weighted by Crippen LogP contribution is -2.61. The van der Waals surface area contributed by atoms with E-state index in [4.69, 9.17) is 15.2 Å². The summed E-state index contributed by atoms with van der Waals surface area (Å²) in [6.07, 6.45) is -4.87. The highest BCUT2D eigenvalue weighted by Crippen LogP contribution is 2.32. The zero-order valence-electron chi connectivity index (χ0n) is 10.7. The largest absolute Gasteiger partial charge is 0.480 e. The van der Waals surface area contributed by atoms with E-state index in [0.717, 1.165) is 0 Å². The van der Waals surface area contributed by atoms with Crippen LogP contribution in [0, 0.1) is 5.92 Å². The molecule has 0 unspecified atom stereocenters. The molecule has 0 aliphatic carbocycles. The number of carbonyl (C=O) groups is 1. The van der Waals surface area contributed by atoms with Crippen LogP contribution in [0.2, 0.25) is 0 Å². The van der Waals surface area contributed by atoms with Gasteiger partial charge in [-0.3, -0.25) is 4.79 Å². The molecule has 1 aliphatic rings. The van der Waals surface area contributed by atoms with E-state index < -0.39 is 36.1 Å². The Morgan fingerprint density at radius 3 is 2.33 bits per heavy atom. The molecule has 0 bridgehead atoms. The molecule has 7 heteroatoms. The molecular formula is C11H21NO6. The summed E-state index contributed by atoms with van der Waals surface area (Å²) in [6.45, 7) is 3.63. The van der Waals surface area contributed by atoms with Crippen molar-refractivity contribution >= 4 is 5.97 Å². The number of methoxy groups -OCH3 is 1. The average Bonchev–Trinajstić information content (AvgIpc) is 2.55. The standard InChI is InChI=1S/C11H21NO6/c1-5(2)4-11(12,10(15)16)8-6(13)7(14)9(17-3)18-8/h5-9,13-14H,4,12H2,1-3H3,(H,15,16)/t6-,7+,8+,9+,11+/m1/s1. The Kier molecular flexibility index (Phi) is 4.68. The normalized spacial score (nSPS) is 35.7. The van der Waals surface area contributed by atoms with Crippen LogP contribution in [0.15, 0.2) is 0 Å². The molecule has 7 nitrogen and oxygen atoms in total. The summed E-state index contributed by atoms with van der Waals surface area (Å²) < 4.78 is 10.1. The summed E-state index contributed by atoms with van der Waals surface area (Å²) in [7, 11) is 1.30. The van der Waals surface area contributed by atoms with Gasteiger partial charge in [0.05, 0.1) is 0 Å². The molecule has 0 aromatic heterocycles. The number of rotatable bonds is 5. The van der Waals surface area contributed by atoms with Crippen molar-refractivity contribution in [3.8, 4) is 0 Å². The molecule has 5 atom stereocenters. The molecule has 18 heavy (non-hydrogen) atoms. The van der Waals surface area contributed by atoms with E-state index in [1.165, 1.54) is 7.11 Å². The lowest BCUT2D eigenvalue weighted by Gasteiger charge is -2.33. The van der Waals surface area contributed by atoms with Crippen LogP contribution < -0.4 is 5.73 Å². The van der Waals surface area contributed by atoms with Gasteiger partial charge in [0.2, 0.25) is 0 Å². The number of ether oxygens (including phenoxy) is 2. The minimum atomic E-state index is -1.76. The maximum Gasteiger partial charge on any atom is 0.326 e. The summed E-state index contributed by atoms with van der Waals surface area (Å²) in [5.74, 6) is -1.27. The number of aliphatic hydroxyl groups excluding tert-OH is 2. The van der Waals surface area contributed by atoms with Crippen LogP contribution >= 0.6 is 0 Å². The van der Waals surface area contributed by atoms with Gasteiger partial charge in [0.1, 0.15) is 23.9 Å². The Hall–Kier alpha value is -0.730. The van der Waals surface area contributed by atoms with E-state index in [-0.39, 0.29) is 12.3 Å². The predicted molar refractivity (Wildman–Crippen MR) is 61.7 cm³/mol. The van der Waals surface area contributed by atoms with Crippen molar-refractivity contribution < 1.29 is 29.6 Å². The zero-order chi connectivity index (χ0) is 14.1. The van der Waals surface area contributed by atoms with Gasteiger partial charge < -0.3 is 30.5 Å². The fourth-order valence-corrected chi connectivity index (χ4v) is 2.27. The average molecular weight is 263 g/mol. The minimum absolute atomic E-state index is 0.000591. The van der Waals surface area contributed by atoms with E-state index in [0.29, 0.717) is 0 Å². The van der Waals surface area contributed by atoms with E-state index >= 15 is 0 Å². The molecule has 1 heterocycles. The van der Waals surface area contributed by atoms with Gasteiger partial charge in [0.15, 0.2) is 6.29 Å². The van der Waals surface area contributed by atoms with Gasteiger partial charge in [-0.15, -0.1) is 0 Å². The first-order valence-corrected chi connectivity index (χ1v) is 5.80. The Labute approximate surface area is 105 Å². The lowest BCUT2D eigenvalue weighted by molar-refractivity contribution is -0.172. The van der Waals surface area contributed by atoms with Gasteiger partial charge in [-0.2, -0.15) is 0 Å². The van der Waals surface area contributed by atoms with Gasteiger partial charge in [-0.05, 0) is 12.3 Å². The lowest BCUT2D eigenvalue weighted by atomic mass is 9.82. The molecule has 1 fully saturated rings. The van der Waals surface area contributed by atoms with Gasteiger partial charge >= 0.3 is 5.97 Å². The van der Waals surface area contributed by atoms with Gasteiger partial charge in [-0.1, -0.05) is 13.8 Å². The van der Waals surface area contributed by atoms with Crippen LogP contribution in [-0.2, 0) is 14.3 Å². The number of hydrogen-bond acceptors (Lipinski definition) is 6. The zero-order valence-corrected chi connectivity index (χ0v) is 10.7. The van der Waals surface area contributed by atoms with Crippen LogP contribution in [0.5, 0.6) is 0 Å². The third kappa shape index (κ3) is 2.65. The second-order valence-corrected chi connectivity index (χ2v) is 5.09. The topological polar surface area (TPSA) is 122 Å². The molecule has 1 rings (SSSR count). The van der Waals surface area contributed by atoms with Crippen LogP contribution in [0.3, 0.4) is 0 Å². The first kappa shape index (κ1) is 15.3. The Bertz CT molecular complexity index is 310. The smallest absolute Gasteiger partial charge is 0.326 e. The summed E-state index contributed by atoms with van der Waals surface area (Å²) in [6, 6.07) is 0. The van der Waals surface area contributed by atoms with E-state index in [1.54, 1.807) is 0 Å². The molecule has 0 radical (unpaired) electrons. The third-order valence-electron chi connectivity index (χ3n) is 3.10. The highest BCUT2D eigenvalue weighted by Gasteiger charge is 2.55. The fraction of sp³-hybridized carbons (Fsp3) is 0.909. The van der Waals surface area contributed by atoms with Gasteiger partial charge in [0, 0.05) is 7.11 Å². The number of carboxylic acid groups (broad SMARTS) is 1. The van der Waals surface area contributed by atoms with Crippen molar-refractivity contribution in [2.24, 2.45) is 11.7 Å². The van der Waals surface area contributed by atoms with Crippen molar-refractivity contribution in [3.05, 3.63) is 0 Å². The summed E-state index contributed by atoms with van der Waals surface area (Å²) >= 11 is 0. The molecule has 1 saturated heterocycles. The first-order chi connectivity index (χ1) is 8.24. The number of carboxylic acids is 1. The molecule has 1 aliphatic heterocycles. The van der Waals surface area contributed by atoms with Crippen molar-refractivity contribution in [1.82, 2.24) is 0 Å². The van der Waals surface area contributed by atoms with Crippen molar-refractivity contribution in [2.45, 2.75) is 50.4 Å². The quantitative estimate of drug-likeness (QED) is 0.497. The Balaban J connectivity index is 2.97. The Morgan fingerprint density at radius 1 is 1.44 bits per heavy atom. The summed E-state index contributed by atoms with van der Waals surface area (Å²) in [4.78, 5) is 11.4. The summed E-state index contributed by atoms with van der Waals surface area (Å²) in [5.41, 5.74) is 4.10. The van der Waals surface area contributed by atoms with Crippen LogP contribution in [0.4, 0.5) is 0 Å². The van der Waals surface area contributed by atoms with Crippen molar-refractivity contribution in [1.29, 1.82) is 0 Å². The third-order valence-corrected chi connectivity index (χ3v) is 3.10. The molecule has 0 saturated carbocycles. The van der Waals surface area contributed by atoms with Crippen LogP contribution in [-0.4, -0.2) is 58.5 Å². The van der Waals surface area contributed by atoms with Crippen molar-refractivity contribution in [2.75, 3.05) is 7.11 Å². The van der Waals surface area contributed by atoms with Crippen LogP contribution in [0.25, 0.3) is 0 Å². The first-order valence-electron chi connectivity index (χ1n) is 5.80. The summed E-state index contributed by atoms with van der Waals surface area (Å²) in [5, 5.41) is 28.8. The van der Waals surface area contributed by atoms with E-state index in [9.17, 15) is 20.1 Å². The number of aliphatic hydroxyl groups is 2. The second kappa shape index (κ2) is 5.50. The second-order valence-electron chi connectivity index (χ2n) is 5.09. The van der Waals surface area contributed by atoms with Crippen LogP contribution in [0.1, 0.15) is 20.3 Å². The molecule has 106 valence electrons. The molecule has 0 spiro atoms. The number of aliphatic carboxylic acids is 1. The molecule has 0 aromatic rings. The highest BCUT2D eigenvalue weighted by molar-refractivity contribution is 5.79. The van der Waals surface area contributed by atoms with E-state index in [1.807, 2.05) is 13.8 Å². The SMILES string of the molecule is CO[C@H]1O[C@H]([C@@](N)(CC(C)C)C(=O)O)[C@H](O)[C@@H]1O. The number of nitrogens with two attached hydrogens (primary N) is 1. The highest BCUT2D eigenvalue weighted by atomic mass is 16.7. The fourth-order valence-electron chi connectivity index (χ4n) is 2.27. The minimum Gasteiger partial charge on any atom is -0.480 e. The number of hydrogen-bond donors (Lipinski definition) is 4. The van der Waals surface area contributed by atoms with Gasteiger partial charge in [-0.25, -0.2) is 0 Å². The predicted octanol–water partition coefficient (Wildman–Crippen LogP) is -1.09. The monoisotopic (exact) mass is 263 g/mol. The molecule has 0 aromatic carbocycles. The van der Waals surface area contributed by atoms with Crippen molar-refractivity contribution in [3.63, 3.8) is 0 Å². The maximum atomic E-state index is 11.4. The Morgan fingerprint density at radius 2 is 2.00 bits per heavy atom. The molecular weight excluding hydrogens is 242 g/mol.